The van der Waals surface area contributed by atoms with Crippen LogP contribution in [0.3, 0.4) is 0 Å². The minimum absolute atomic E-state index is 0.300. The second-order valence-corrected chi connectivity index (χ2v) is 14.6. The highest BCUT2D eigenvalue weighted by molar-refractivity contribution is 6.21. The maximum Gasteiger partial charge on any atom is 0.160 e. The van der Waals surface area contributed by atoms with Crippen molar-refractivity contribution in [2.75, 3.05) is 0 Å². The van der Waals surface area contributed by atoms with Crippen LogP contribution in [-0.2, 0) is 5.41 Å². The Morgan fingerprint density at radius 2 is 1.05 bits per heavy atom. The third-order valence-corrected chi connectivity index (χ3v) is 11.6. The standard InChI is InChI=1S/C52H34N2O/c1-52(38-17-6-3-7-18-38)44-22-12-10-20-40(44)41-29-28-37(31-45(41)52)47-32-46(53-51(54-47)35-14-4-2-5-15-35)34-26-24-33(25-27-34)43-30-36-16-8-9-19-39(36)50-49(43)42-21-11-13-23-48(42)55-50/h2-32H,1H3. The monoisotopic (exact) mass is 702 g/mol. The fraction of sp³-hybridized carbons (Fsp3) is 0.0385. The lowest BCUT2D eigenvalue weighted by atomic mass is 9.74. The summed E-state index contributed by atoms with van der Waals surface area (Å²) in [5, 5.41) is 4.53. The van der Waals surface area contributed by atoms with E-state index in [1.165, 1.54) is 27.8 Å². The SMILES string of the molecule is CC1(c2ccccc2)c2ccccc2-c2ccc(-c3cc(-c4ccc(-c5cc6ccccc6c6oc7ccccc7c56)cc4)nc(-c4ccccc4)n3)cc21. The number of furan rings is 1. The first-order valence-electron chi connectivity index (χ1n) is 18.8. The minimum Gasteiger partial charge on any atom is -0.455 e. The highest BCUT2D eigenvalue weighted by Crippen LogP contribution is 2.53. The number of para-hydroxylation sites is 1. The van der Waals surface area contributed by atoms with E-state index in [4.69, 9.17) is 14.4 Å². The van der Waals surface area contributed by atoms with Gasteiger partial charge in [0.25, 0.3) is 0 Å². The van der Waals surface area contributed by atoms with Crippen LogP contribution in [0.2, 0.25) is 0 Å². The molecule has 0 fully saturated rings. The molecule has 0 saturated carbocycles. The fourth-order valence-corrected chi connectivity index (χ4v) is 8.80. The number of rotatable bonds is 5. The van der Waals surface area contributed by atoms with Crippen LogP contribution in [0, 0.1) is 0 Å². The van der Waals surface area contributed by atoms with Gasteiger partial charge < -0.3 is 4.42 Å². The average molecular weight is 703 g/mol. The van der Waals surface area contributed by atoms with Gasteiger partial charge in [-0.05, 0) is 75.5 Å². The van der Waals surface area contributed by atoms with E-state index in [1.54, 1.807) is 0 Å². The van der Waals surface area contributed by atoms with Crippen molar-refractivity contribution in [2.45, 2.75) is 12.3 Å². The Labute approximate surface area is 319 Å². The Kier molecular flexibility index (Phi) is 6.99. The van der Waals surface area contributed by atoms with E-state index < -0.39 is 0 Å². The first-order valence-corrected chi connectivity index (χ1v) is 18.8. The maximum atomic E-state index is 6.50. The van der Waals surface area contributed by atoms with Gasteiger partial charge in [-0.15, -0.1) is 0 Å². The van der Waals surface area contributed by atoms with E-state index in [0.717, 1.165) is 71.9 Å². The van der Waals surface area contributed by atoms with Crippen LogP contribution in [0.15, 0.2) is 192 Å². The molecule has 1 atom stereocenters. The van der Waals surface area contributed by atoms with Gasteiger partial charge in [-0.25, -0.2) is 9.97 Å². The number of fused-ring (bicyclic) bond motifs is 8. The molecule has 0 saturated heterocycles. The van der Waals surface area contributed by atoms with Crippen molar-refractivity contribution in [1.82, 2.24) is 9.97 Å². The lowest BCUT2D eigenvalue weighted by molar-refractivity contribution is 0.673. The summed E-state index contributed by atoms with van der Waals surface area (Å²) in [6.07, 6.45) is 0. The molecule has 258 valence electrons. The van der Waals surface area contributed by atoms with E-state index in [2.05, 4.69) is 171 Å². The molecule has 1 aliphatic rings. The van der Waals surface area contributed by atoms with Gasteiger partial charge in [0.1, 0.15) is 11.2 Å². The van der Waals surface area contributed by atoms with Crippen LogP contribution in [0.25, 0.3) is 88.9 Å². The molecule has 0 radical (unpaired) electrons. The normalized spacial score (nSPS) is 14.7. The molecule has 55 heavy (non-hydrogen) atoms. The highest BCUT2D eigenvalue weighted by atomic mass is 16.3. The van der Waals surface area contributed by atoms with Crippen molar-refractivity contribution in [2.24, 2.45) is 0 Å². The molecule has 2 aromatic heterocycles. The second-order valence-electron chi connectivity index (χ2n) is 14.6. The summed E-state index contributed by atoms with van der Waals surface area (Å²) in [4.78, 5) is 10.4. The molecular formula is C52H34N2O. The molecule has 0 bridgehead atoms. The van der Waals surface area contributed by atoms with Crippen LogP contribution in [0.5, 0.6) is 0 Å². The first-order chi connectivity index (χ1) is 27.1. The predicted molar refractivity (Wildman–Crippen MR) is 226 cm³/mol. The molecular weight excluding hydrogens is 669 g/mol. The van der Waals surface area contributed by atoms with Gasteiger partial charge in [0, 0.05) is 38.3 Å². The van der Waals surface area contributed by atoms with Gasteiger partial charge in [0.15, 0.2) is 5.82 Å². The average Bonchev–Trinajstić information content (AvgIpc) is 3.78. The van der Waals surface area contributed by atoms with Gasteiger partial charge in [0.05, 0.1) is 11.4 Å². The Bertz CT molecular complexity index is 3090. The zero-order chi connectivity index (χ0) is 36.5. The minimum atomic E-state index is -0.300. The summed E-state index contributed by atoms with van der Waals surface area (Å²) in [5.74, 6) is 0.702. The summed E-state index contributed by atoms with van der Waals surface area (Å²) >= 11 is 0. The summed E-state index contributed by atoms with van der Waals surface area (Å²) in [6, 6.07) is 66.8. The Balaban J connectivity index is 1.06. The summed E-state index contributed by atoms with van der Waals surface area (Å²) < 4.78 is 6.50. The third kappa shape index (κ3) is 4.90. The Morgan fingerprint density at radius 1 is 0.436 bits per heavy atom. The zero-order valence-electron chi connectivity index (χ0n) is 30.2. The highest BCUT2D eigenvalue weighted by Gasteiger charge is 2.40. The van der Waals surface area contributed by atoms with Gasteiger partial charge in [-0.2, -0.15) is 0 Å². The third-order valence-electron chi connectivity index (χ3n) is 11.6. The Morgan fingerprint density at radius 3 is 1.87 bits per heavy atom. The number of benzene rings is 8. The van der Waals surface area contributed by atoms with Crippen molar-refractivity contribution in [3.8, 4) is 56.2 Å². The van der Waals surface area contributed by atoms with E-state index in [0.29, 0.717) is 5.82 Å². The van der Waals surface area contributed by atoms with Crippen LogP contribution >= 0.6 is 0 Å². The van der Waals surface area contributed by atoms with Crippen molar-refractivity contribution < 1.29 is 4.42 Å². The quantitative estimate of drug-likeness (QED) is 0.179. The molecule has 10 aromatic rings. The molecule has 0 N–H and O–H groups in total. The van der Waals surface area contributed by atoms with Gasteiger partial charge >= 0.3 is 0 Å². The second kappa shape index (κ2) is 12.2. The summed E-state index contributed by atoms with van der Waals surface area (Å²) in [5.41, 5.74) is 15.1. The van der Waals surface area contributed by atoms with Gasteiger partial charge in [-0.1, -0.05) is 164 Å². The molecule has 3 heteroatoms. The predicted octanol–water partition coefficient (Wildman–Crippen LogP) is 13.5. The molecule has 3 nitrogen and oxygen atoms in total. The molecule has 11 rings (SSSR count). The number of hydrogen-bond acceptors (Lipinski definition) is 3. The largest absolute Gasteiger partial charge is 0.455 e. The fourth-order valence-electron chi connectivity index (χ4n) is 8.80. The summed E-state index contributed by atoms with van der Waals surface area (Å²) in [6.45, 7) is 2.36. The molecule has 0 amide bonds. The molecule has 1 aliphatic carbocycles. The van der Waals surface area contributed by atoms with Crippen molar-refractivity contribution in [1.29, 1.82) is 0 Å². The molecule has 0 spiro atoms. The lowest BCUT2D eigenvalue weighted by Gasteiger charge is -2.28. The van der Waals surface area contributed by atoms with Gasteiger partial charge in [0.2, 0.25) is 0 Å². The smallest absolute Gasteiger partial charge is 0.160 e. The van der Waals surface area contributed by atoms with Crippen LogP contribution < -0.4 is 0 Å². The summed E-state index contributed by atoms with van der Waals surface area (Å²) in [7, 11) is 0. The van der Waals surface area contributed by atoms with Crippen LogP contribution in [-0.4, -0.2) is 9.97 Å². The van der Waals surface area contributed by atoms with Crippen molar-refractivity contribution in [3.63, 3.8) is 0 Å². The number of hydrogen-bond donors (Lipinski definition) is 0. The topological polar surface area (TPSA) is 38.9 Å². The zero-order valence-corrected chi connectivity index (χ0v) is 30.2. The molecule has 0 aliphatic heterocycles. The van der Waals surface area contributed by atoms with E-state index in [-0.39, 0.29) is 5.41 Å². The maximum absolute atomic E-state index is 6.50. The molecule has 8 aromatic carbocycles. The number of aromatic nitrogens is 2. The Hall–Kier alpha value is -7.10. The van der Waals surface area contributed by atoms with E-state index in [1.807, 2.05) is 24.3 Å². The van der Waals surface area contributed by atoms with Crippen molar-refractivity contribution >= 4 is 32.7 Å². The van der Waals surface area contributed by atoms with Crippen LogP contribution in [0.1, 0.15) is 23.6 Å². The van der Waals surface area contributed by atoms with Crippen LogP contribution in [0.4, 0.5) is 0 Å². The van der Waals surface area contributed by atoms with E-state index in [9.17, 15) is 0 Å². The molecule has 2 heterocycles. The van der Waals surface area contributed by atoms with E-state index >= 15 is 0 Å². The molecule has 1 unspecified atom stereocenters. The first kappa shape index (κ1) is 31.4. The lowest BCUT2D eigenvalue weighted by Crippen LogP contribution is -2.22. The van der Waals surface area contributed by atoms with Gasteiger partial charge in [-0.3, -0.25) is 0 Å². The number of nitrogens with zero attached hydrogens (tertiary/aromatic N) is 2. The van der Waals surface area contributed by atoms with Crippen molar-refractivity contribution in [3.05, 3.63) is 205 Å².